The Kier molecular flexibility index (Phi) is 4.51. The maximum atomic E-state index is 11.2. The van der Waals surface area contributed by atoms with E-state index in [4.69, 9.17) is 14.2 Å². The number of carbonyl (C=O) groups is 1. The highest BCUT2D eigenvalue weighted by Crippen LogP contribution is 2.36. The summed E-state index contributed by atoms with van der Waals surface area (Å²) in [7, 11) is 0. The molecule has 8 nitrogen and oxygen atoms in total. The van der Waals surface area contributed by atoms with Gasteiger partial charge in [-0.25, -0.2) is 0 Å². The molecule has 0 aliphatic carbocycles. The highest BCUT2D eigenvalue weighted by atomic mass is 16.7. The third-order valence-electron chi connectivity index (χ3n) is 3.95. The number of para-hydroxylation sites is 1. The first-order chi connectivity index (χ1) is 11.0. The van der Waals surface area contributed by atoms with E-state index >= 15 is 0 Å². The average Bonchev–Trinajstić information content (AvgIpc) is 2.51. The third kappa shape index (κ3) is 3.17. The SMILES string of the molecule is CC(=O)N[C@H]1C(O)O[C@@H]2CO[C@@H](c3ccccc3O)O[C@H]2[C@@H]1O. The van der Waals surface area contributed by atoms with Crippen molar-refractivity contribution in [3.8, 4) is 5.75 Å². The van der Waals surface area contributed by atoms with E-state index in [2.05, 4.69) is 5.32 Å². The fourth-order valence-electron chi connectivity index (χ4n) is 2.84. The second-order valence-corrected chi connectivity index (χ2v) is 5.61. The Morgan fingerprint density at radius 2 is 2.00 bits per heavy atom. The second-order valence-electron chi connectivity index (χ2n) is 5.61. The standard InChI is InChI=1S/C15H19NO7/c1-7(17)16-11-12(19)13-10(22-14(11)20)6-21-15(23-13)8-4-2-3-5-9(8)18/h2-5,10-15,18-20H,6H2,1H3,(H,16,17)/t10-,11-,12-,13-,14?,15-/m1/s1. The highest BCUT2D eigenvalue weighted by molar-refractivity contribution is 5.73. The molecule has 0 aromatic heterocycles. The number of carbonyl (C=O) groups excluding carboxylic acids is 1. The summed E-state index contributed by atoms with van der Waals surface area (Å²) in [5, 5.41) is 32.7. The van der Waals surface area contributed by atoms with Crippen molar-refractivity contribution in [1.29, 1.82) is 0 Å². The third-order valence-corrected chi connectivity index (χ3v) is 3.95. The number of aromatic hydroxyl groups is 1. The molecule has 1 unspecified atom stereocenters. The molecule has 2 aliphatic rings. The lowest BCUT2D eigenvalue weighted by Gasteiger charge is -2.46. The number of benzene rings is 1. The molecule has 2 heterocycles. The van der Waals surface area contributed by atoms with Gasteiger partial charge in [0.05, 0.1) is 6.61 Å². The molecule has 8 heteroatoms. The Hall–Kier alpha value is -1.71. The molecule has 2 aliphatic heterocycles. The van der Waals surface area contributed by atoms with Gasteiger partial charge in [-0.3, -0.25) is 4.79 Å². The second kappa shape index (κ2) is 6.42. The maximum Gasteiger partial charge on any atom is 0.217 e. The van der Waals surface area contributed by atoms with Crippen LogP contribution >= 0.6 is 0 Å². The number of ether oxygens (including phenoxy) is 3. The van der Waals surface area contributed by atoms with Crippen molar-refractivity contribution in [1.82, 2.24) is 5.32 Å². The molecule has 1 aromatic rings. The van der Waals surface area contributed by atoms with Gasteiger partial charge >= 0.3 is 0 Å². The van der Waals surface area contributed by atoms with Crippen molar-refractivity contribution in [3.63, 3.8) is 0 Å². The summed E-state index contributed by atoms with van der Waals surface area (Å²) in [5.74, 6) is -0.389. The first-order valence-electron chi connectivity index (χ1n) is 7.31. The van der Waals surface area contributed by atoms with Gasteiger partial charge in [0, 0.05) is 12.5 Å². The number of hydrogen-bond acceptors (Lipinski definition) is 7. The van der Waals surface area contributed by atoms with Gasteiger partial charge in [0.2, 0.25) is 5.91 Å². The summed E-state index contributed by atoms with van der Waals surface area (Å²) >= 11 is 0. The normalized spacial score (nSPS) is 37.0. The Balaban J connectivity index is 1.78. The number of aliphatic hydroxyl groups is 2. The van der Waals surface area contributed by atoms with Crippen molar-refractivity contribution < 1.29 is 34.3 Å². The maximum absolute atomic E-state index is 11.2. The fraction of sp³-hybridized carbons (Fsp3) is 0.533. The summed E-state index contributed by atoms with van der Waals surface area (Å²) in [6.07, 6.45) is -4.89. The van der Waals surface area contributed by atoms with Crippen LogP contribution in [0.5, 0.6) is 5.75 Å². The molecule has 23 heavy (non-hydrogen) atoms. The van der Waals surface area contributed by atoms with Crippen LogP contribution in [0.4, 0.5) is 0 Å². The van der Waals surface area contributed by atoms with Crippen molar-refractivity contribution in [2.45, 2.75) is 43.9 Å². The number of phenolic OH excluding ortho intramolecular Hbond substituents is 1. The molecular formula is C15H19NO7. The van der Waals surface area contributed by atoms with Crippen LogP contribution in [-0.2, 0) is 19.0 Å². The Morgan fingerprint density at radius 3 is 2.70 bits per heavy atom. The monoisotopic (exact) mass is 325 g/mol. The Bertz CT molecular complexity index is 581. The minimum Gasteiger partial charge on any atom is -0.507 e. The number of rotatable bonds is 2. The Labute approximate surface area is 132 Å². The number of phenols is 1. The molecule has 3 rings (SSSR count). The van der Waals surface area contributed by atoms with E-state index in [1.54, 1.807) is 18.2 Å². The predicted molar refractivity (Wildman–Crippen MR) is 76.2 cm³/mol. The van der Waals surface area contributed by atoms with Crippen LogP contribution in [0.15, 0.2) is 24.3 Å². The van der Waals surface area contributed by atoms with Crippen molar-refractivity contribution >= 4 is 5.91 Å². The van der Waals surface area contributed by atoms with E-state index in [9.17, 15) is 20.1 Å². The van der Waals surface area contributed by atoms with E-state index in [-0.39, 0.29) is 12.4 Å². The fourth-order valence-corrected chi connectivity index (χ4v) is 2.84. The molecule has 2 fully saturated rings. The van der Waals surface area contributed by atoms with Crippen molar-refractivity contribution in [2.24, 2.45) is 0 Å². The van der Waals surface area contributed by atoms with Crippen molar-refractivity contribution in [3.05, 3.63) is 29.8 Å². The summed E-state index contributed by atoms with van der Waals surface area (Å²) in [6, 6.07) is 5.55. The molecule has 0 spiro atoms. The Morgan fingerprint density at radius 1 is 1.26 bits per heavy atom. The van der Waals surface area contributed by atoms with Gasteiger partial charge in [0.1, 0.15) is 30.1 Å². The highest BCUT2D eigenvalue weighted by Gasteiger charge is 2.49. The van der Waals surface area contributed by atoms with E-state index in [1.807, 2.05) is 0 Å². The molecule has 1 aromatic carbocycles. The van der Waals surface area contributed by atoms with Gasteiger partial charge in [-0.05, 0) is 6.07 Å². The zero-order chi connectivity index (χ0) is 16.6. The lowest BCUT2D eigenvalue weighted by Crippen LogP contribution is -2.66. The van der Waals surface area contributed by atoms with E-state index in [1.165, 1.54) is 13.0 Å². The lowest BCUT2D eigenvalue weighted by atomic mass is 9.95. The number of nitrogens with one attached hydrogen (secondary N) is 1. The molecule has 1 amide bonds. The van der Waals surface area contributed by atoms with Crippen LogP contribution in [0.2, 0.25) is 0 Å². The molecule has 4 N–H and O–H groups in total. The van der Waals surface area contributed by atoms with Gasteiger partial charge in [0.25, 0.3) is 0 Å². The zero-order valence-electron chi connectivity index (χ0n) is 12.5. The molecule has 0 radical (unpaired) electrons. The number of aliphatic hydroxyl groups excluding tert-OH is 2. The summed E-state index contributed by atoms with van der Waals surface area (Å²) < 4.78 is 16.6. The average molecular weight is 325 g/mol. The quantitative estimate of drug-likeness (QED) is 0.573. The first-order valence-corrected chi connectivity index (χ1v) is 7.31. The van der Waals surface area contributed by atoms with Crippen LogP contribution in [0.25, 0.3) is 0 Å². The smallest absolute Gasteiger partial charge is 0.217 e. The number of hydrogen-bond donors (Lipinski definition) is 4. The molecule has 6 atom stereocenters. The number of fused-ring (bicyclic) bond motifs is 1. The van der Waals surface area contributed by atoms with E-state index in [0.717, 1.165) is 0 Å². The van der Waals surface area contributed by atoms with Crippen molar-refractivity contribution in [2.75, 3.05) is 6.61 Å². The number of amides is 1. The lowest BCUT2D eigenvalue weighted by molar-refractivity contribution is -0.338. The molecule has 0 bridgehead atoms. The van der Waals surface area contributed by atoms with Crippen LogP contribution in [0.1, 0.15) is 18.8 Å². The van der Waals surface area contributed by atoms with Gasteiger partial charge in [-0.1, -0.05) is 18.2 Å². The molecule has 126 valence electrons. The van der Waals surface area contributed by atoms with E-state index in [0.29, 0.717) is 5.56 Å². The zero-order valence-corrected chi connectivity index (χ0v) is 12.5. The van der Waals surface area contributed by atoms with Crippen LogP contribution in [0.3, 0.4) is 0 Å². The first kappa shape index (κ1) is 16.2. The molecule has 0 saturated carbocycles. The van der Waals surface area contributed by atoms with Crippen LogP contribution in [0, 0.1) is 0 Å². The van der Waals surface area contributed by atoms with Gasteiger partial charge in [0.15, 0.2) is 12.6 Å². The minimum absolute atomic E-state index is 0.0145. The molecular weight excluding hydrogens is 306 g/mol. The predicted octanol–water partition coefficient (Wildman–Crippen LogP) is -0.611. The van der Waals surface area contributed by atoms with Gasteiger partial charge in [-0.15, -0.1) is 0 Å². The van der Waals surface area contributed by atoms with E-state index < -0.39 is 42.8 Å². The minimum atomic E-state index is -1.36. The largest absolute Gasteiger partial charge is 0.507 e. The van der Waals surface area contributed by atoms with Gasteiger partial charge in [-0.2, -0.15) is 0 Å². The van der Waals surface area contributed by atoms with Crippen LogP contribution < -0.4 is 5.32 Å². The van der Waals surface area contributed by atoms with Gasteiger partial charge < -0.3 is 34.8 Å². The topological polar surface area (TPSA) is 117 Å². The summed E-state index contributed by atoms with van der Waals surface area (Å²) in [5.41, 5.74) is 0.431. The summed E-state index contributed by atoms with van der Waals surface area (Å²) in [4.78, 5) is 11.2. The molecule has 2 saturated heterocycles. The van der Waals surface area contributed by atoms with Crippen LogP contribution in [-0.4, -0.2) is 58.5 Å². The summed E-state index contributed by atoms with van der Waals surface area (Å²) in [6.45, 7) is 1.35.